The molecule has 8 aromatic rings. The van der Waals surface area contributed by atoms with Crippen molar-refractivity contribution in [1.29, 1.82) is 0 Å². The van der Waals surface area contributed by atoms with E-state index in [-0.39, 0.29) is 33.6 Å². The van der Waals surface area contributed by atoms with Gasteiger partial charge in [0.2, 0.25) is 0 Å². The van der Waals surface area contributed by atoms with Crippen molar-refractivity contribution in [2.75, 3.05) is 9.80 Å². The van der Waals surface area contributed by atoms with E-state index in [1.54, 1.807) is 0 Å². The molecule has 0 amide bonds. The summed E-state index contributed by atoms with van der Waals surface area (Å²) in [5.41, 5.74) is 24.8. The van der Waals surface area contributed by atoms with Crippen LogP contribution in [-0.2, 0) is 21.7 Å². The van der Waals surface area contributed by atoms with E-state index in [0.29, 0.717) is 0 Å². The van der Waals surface area contributed by atoms with Crippen molar-refractivity contribution in [1.82, 2.24) is 0 Å². The summed E-state index contributed by atoms with van der Waals surface area (Å²) in [5.74, 6) is 2.22. The highest BCUT2D eigenvalue weighted by Crippen LogP contribution is 2.55. The second-order valence-electron chi connectivity index (χ2n) is 25.0. The second kappa shape index (κ2) is 16.3. The van der Waals surface area contributed by atoms with Crippen LogP contribution in [0.2, 0.25) is 0 Å². The third kappa shape index (κ3) is 7.20. The fourth-order valence-corrected chi connectivity index (χ4v) is 13.4. The normalized spacial score (nSPS) is 18.5. The molecule has 368 valence electrons. The van der Waals surface area contributed by atoms with Crippen molar-refractivity contribution in [3.63, 3.8) is 0 Å². The maximum absolute atomic E-state index is 7.02. The van der Waals surface area contributed by atoms with Gasteiger partial charge in [0.05, 0.1) is 6.04 Å². The number of hydrogen-bond donors (Lipinski definition) is 0. The lowest BCUT2D eigenvalue weighted by atomic mass is 9.76. The first-order valence-electron chi connectivity index (χ1n) is 27.0. The third-order valence-electron chi connectivity index (χ3n) is 17.7. The van der Waals surface area contributed by atoms with Gasteiger partial charge in [0.25, 0.3) is 0 Å². The van der Waals surface area contributed by atoms with E-state index in [9.17, 15) is 0 Å². The highest BCUT2D eigenvalue weighted by Gasteiger charge is 2.40. The van der Waals surface area contributed by atoms with Crippen LogP contribution < -0.4 is 14.5 Å². The average molecular weight is 965 g/mol. The fourth-order valence-electron chi connectivity index (χ4n) is 13.4. The molecular weight excluding hydrogens is 897 g/mol. The van der Waals surface area contributed by atoms with Gasteiger partial charge in [-0.1, -0.05) is 166 Å². The maximum atomic E-state index is 7.02. The van der Waals surface area contributed by atoms with Crippen molar-refractivity contribution in [2.24, 2.45) is 0 Å². The molecule has 0 bridgehead atoms. The maximum Gasteiger partial charge on any atom is 0.131 e. The molecule has 0 aromatic heterocycles. The van der Waals surface area contributed by atoms with Crippen LogP contribution in [0.3, 0.4) is 0 Å². The molecule has 0 radical (unpaired) electrons. The van der Waals surface area contributed by atoms with E-state index in [0.717, 1.165) is 41.4 Å². The Labute approximate surface area is 439 Å². The second-order valence-corrected chi connectivity index (χ2v) is 25.0. The first-order chi connectivity index (χ1) is 35.3. The number of benzene rings is 8. The van der Waals surface area contributed by atoms with Gasteiger partial charge in [0, 0.05) is 50.7 Å². The zero-order valence-corrected chi connectivity index (χ0v) is 45.1. The Morgan fingerprint density at radius 1 is 0.500 bits per heavy atom. The minimum atomic E-state index is -0.107. The minimum Gasteiger partial charge on any atom is -0.461 e. The summed E-state index contributed by atoms with van der Waals surface area (Å²) in [6.45, 7) is 25.6. The molecule has 13 rings (SSSR count). The first-order valence-corrected chi connectivity index (χ1v) is 27.0. The molecule has 1 heterocycles. The quantitative estimate of drug-likeness (QED) is 0.165. The smallest absolute Gasteiger partial charge is 0.131 e. The Morgan fingerprint density at radius 3 is 1.62 bits per heavy atom. The lowest BCUT2D eigenvalue weighted by molar-refractivity contribution is 0.421. The van der Waals surface area contributed by atoms with Crippen molar-refractivity contribution < 1.29 is 4.74 Å². The first kappa shape index (κ1) is 46.4. The number of anilines is 5. The van der Waals surface area contributed by atoms with Gasteiger partial charge < -0.3 is 14.5 Å². The summed E-state index contributed by atoms with van der Waals surface area (Å²) in [4.78, 5) is 5.06. The fraction of sp³-hybridized carbons (Fsp3) is 0.268. The molecule has 0 N–H and O–H groups in total. The molecule has 1 aliphatic heterocycles. The third-order valence-corrected chi connectivity index (χ3v) is 17.7. The summed E-state index contributed by atoms with van der Waals surface area (Å²) < 4.78 is 7.02. The number of allylic oxidation sites excluding steroid dienone is 4. The highest BCUT2D eigenvalue weighted by atomic mass is 16.5. The number of nitrogens with zero attached hydrogens (tertiary/aromatic N) is 2. The Kier molecular flexibility index (Phi) is 10.2. The van der Waals surface area contributed by atoms with E-state index >= 15 is 0 Å². The molecule has 0 saturated carbocycles. The summed E-state index contributed by atoms with van der Waals surface area (Å²) in [6.07, 6.45) is 6.79. The molecule has 4 aliphatic carbocycles. The predicted molar refractivity (Wildman–Crippen MR) is 311 cm³/mol. The lowest BCUT2D eigenvalue weighted by Crippen LogP contribution is -2.35. The molecule has 8 aromatic carbocycles. The van der Waals surface area contributed by atoms with Gasteiger partial charge in [-0.2, -0.15) is 0 Å². The lowest BCUT2D eigenvalue weighted by Gasteiger charge is -2.39. The van der Waals surface area contributed by atoms with Gasteiger partial charge in [-0.3, -0.25) is 0 Å². The Bertz CT molecular complexity index is 3730. The molecule has 2 atom stereocenters. The standard InChI is InChI=1S/C71H68N2O/c1-43-58-42-67-60(38-45(58)21-35-65(43)73(50-29-24-48(25-30-50)69(5,6)7)53-32-34-57-55-17-13-15-19-62(55)71(10,11)64(57)41-53)59-37-44-20-26-51(36-46(44)39-66(59)74-67)72(49-27-22-47(23-28-49)68(2,3)4)52-31-33-56-54-16-12-14-18-61(54)70(8,9)63(56)40-52/h12-34,36-37,39-42,60,65H,35,38H2,1-11H3. The molecule has 0 fully saturated rings. The van der Waals surface area contributed by atoms with Crippen LogP contribution in [0.1, 0.15) is 134 Å². The minimum absolute atomic E-state index is 0.0569. The zero-order valence-electron chi connectivity index (χ0n) is 45.1. The number of rotatable bonds is 6. The SMILES string of the molecule is CC1=C2C=C3Oc4cc5cc(N(c6ccc(C(C)(C)C)cc6)c6ccc7c(c6)C(C)(C)c6ccccc6-7)ccc5cc4C3CC2=CCC1N(c1ccc(C(C)(C)C)cc1)c1ccc2c(c1)C(C)(C)c1ccccc1-2. The monoisotopic (exact) mass is 965 g/mol. The molecule has 0 spiro atoms. The van der Waals surface area contributed by atoms with Crippen LogP contribution in [0.4, 0.5) is 28.4 Å². The van der Waals surface area contributed by atoms with Crippen molar-refractivity contribution in [3.05, 3.63) is 237 Å². The van der Waals surface area contributed by atoms with Gasteiger partial charge >= 0.3 is 0 Å². The molecule has 5 aliphatic rings. The van der Waals surface area contributed by atoms with E-state index in [1.807, 2.05) is 0 Å². The van der Waals surface area contributed by atoms with Crippen LogP contribution in [0.5, 0.6) is 5.75 Å². The van der Waals surface area contributed by atoms with Gasteiger partial charge in [-0.25, -0.2) is 0 Å². The van der Waals surface area contributed by atoms with Gasteiger partial charge in [-0.15, -0.1) is 0 Å². The van der Waals surface area contributed by atoms with Crippen molar-refractivity contribution >= 4 is 39.2 Å². The molecule has 2 unspecified atom stereocenters. The summed E-state index contributed by atoms with van der Waals surface area (Å²) >= 11 is 0. The van der Waals surface area contributed by atoms with Crippen LogP contribution in [0.25, 0.3) is 33.0 Å². The van der Waals surface area contributed by atoms with E-state index in [2.05, 4.69) is 262 Å². The van der Waals surface area contributed by atoms with Gasteiger partial charge in [-0.05, 0) is 193 Å². The van der Waals surface area contributed by atoms with Crippen LogP contribution in [-0.4, -0.2) is 6.04 Å². The number of hydrogen-bond acceptors (Lipinski definition) is 3. The Morgan fingerprint density at radius 2 is 1.01 bits per heavy atom. The molecule has 3 nitrogen and oxygen atoms in total. The van der Waals surface area contributed by atoms with E-state index in [1.165, 1.54) is 100 Å². The Hall–Kier alpha value is -7.36. The zero-order chi connectivity index (χ0) is 51.2. The highest BCUT2D eigenvalue weighted by molar-refractivity contribution is 5.93. The number of fused-ring (bicyclic) bond motifs is 11. The van der Waals surface area contributed by atoms with E-state index < -0.39 is 0 Å². The van der Waals surface area contributed by atoms with Crippen LogP contribution in [0, 0.1) is 0 Å². The van der Waals surface area contributed by atoms with Crippen LogP contribution in [0.15, 0.2) is 198 Å². The number of ether oxygens (including phenoxy) is 1. The summed E-state index contributed by atoms with van der Waals surface area (Å²) in [6, 6.07) is 62.6. The van der Waals surface area contributed by atoms with Gasteiger partial charge in [0.1, 0.15) is 11.5 Å². The topological polar surface area (TPSA) is 15.7 Å². The molecule has 3 heteroatoms. The summed E-state index contributed by atoms with van der Waals surface area (Å²) in [7, 11) is 0. The largest absolute Gasteiger partial charge is 0.461 e. The predicted octanol–water partition coefficient (Wildman–Crippen LogP) is 19.1. The van der Waals surface area contributed by atoms with E-state index in [4.69, 9.17) is 4.74 Å². The average Bonchev–Trinajstić information content (AvgIpc) is 3.94. The Balaban J connectivity index is 0.862. The summed E-state index contributed by atoms with van der Waals surface area (Å²) in [5, 5.41) is 2.40. The van der Waals surface area contributed by atoms with Crippen molar-refractivity contribution in [2.45, 2.75) is 123 Å². The molecule has 0 saturated heterocycles. The van der Waals surface area contributed by atoms with Gasteiger partial charge in [0.15, 0.2) is 0 Å². The molecular formula is C71H68N2O. The van der Waals surface area contributed by atoms with Crippen molar-refractivity contribution in [3.8, 4) is 28.0 Å². The molecule has 74 heavy (non-hydrogen) atoms. The van der Waals surface area contributed by atoms with Crippen LogP contribution >= 0.6 is 0 Å².